The summed E-state index contributed by atoms with van der Waals surface area (Å²) in [4.78, 5) is 24.0. The van der Waals surface area contributed by atoms with Crippen molar-refractivity contribution >= 4 is 24.6 Å². The lowest BCUT2D eigenvalue weighted by molar-refractivity contribution is -0.159. The van der Waals surface area contributed by atoms with Gasteiger partial charge in [0, 0.05) is 0 Å². The van der Waals surface area contributed by atoms with Crippen molar-refractivity contribution in [3.05, 3.63) is 35.9 Å². The molecule has 1 aromatic rings. The van der Waals surface area contributed by atoms with E-state index in [0.29, 0.717) is 5.56 Å². The third-order valence-corrected chi connectivity index (χ3v) is 3.19. The van der Waals surface area contributed by atoms with Crippen molar-refractivity contribution in [1.29, 1.82) is 0 Å². The van der Waals surface area contributed by atoms with Gasteiger partial charge in [-0.05, 0) is 26.3 Å². The number of thiol groups is 1. The Hall–Kier alpha value is -1.49. The van der Waals surface area contributed by atoms with E-state index in [9.17, 15) is 9.59 Å². The summed E-state index contributed by atoms with van der Waals surface area (Å²) in [5.41, 5.74) is -0.0143. The molecule has 1 aromatic carbocycles. The van der Waals surface area contributed by atoms with Crippen LogP contribution in [0.15, 0.2) is 30.3 Å². The highest BCUT2D eigenvalue weighted by Crippen LogP contribution is 2.34. The molecule has 1 atom stereocenters. The number of hydrogen-bond donors (Lipinski definition) is 1. The van der Waals surface area contributed by atoms with Crippen LogP contribution in [-0.2, 0) is 23.8 Å². The predicted molar refractivity (Wildman–Crippen MR) is 79.6 cm³/mol. The molecule has 0 radical (unpaired) electrons. The van der Waals surface area contributed by atoms with Crippen molar-refractivity contribution in [2.45, 2.75) is 37.5 Å². The maximum absolute atomic E-state index is 12.0. The molecule has 0 aliphatic heterocycles. The van der Waals surface area contributed by atoms with E-state index >= 15 is 0 Å². The highest BCUT2D eigenvalue weighted by molar-refractivity contribution is 7.82. The quantitative estimate of drug-likeness (QED) is 0.685. The van der Waals surface area contributed by atoms with Crippen LogP contribution in [0.3, 0.4) is 0 Å². The summed E-state index contributed by atoms with van der Waals surface area (Å²) in [7, 11) is 1.27. The molecule has 0 saturated carbocycles. The summed E-state index contributed by atoms with van der Waals surface area (Å²) in [6.07, 6.45) is -0.190. The SMILES string of the molecule is COC(=O)C(S)(CC(=O)OC(C)(C)C)c1ccccc1. The monoisotopic (exact) mass is 296 g/mol. The molecule has 0 spiro atoms. The van der Waals surface area contributed by atoms with Crippen LogP contribution in [0.1, 0.15) is 32.8 Å². The lowest BCUT2D eigenvalue weighted by atomic mass is 9.94. The molecule has 0 aliphatic carbocycles. The average molecular weight is 296 g/mol. The summed E-state index contributed by atoms with van der Waals surface area (Å²) in [5, 5.41) is 0. The van der Waals surface area contributed by atoms with Gasteiger partial charge in [0.2, 0.25) is 0 Å². The van der Waals surface area contributed by atoms with Crippen LogP contribution in [0.4, 0.5) is 0 Å². The number of benzene rings is 1. The van der Waals surface area contributed by atoms with Gasteiger partial charge in [0.05, 0.1) is 13.5 Å². The van der Waals surface area contributed by atoms with Gasteiger partial charge in [0.15, 0.2) is 0 Å². The Morgan fingerprint density at radius 1 is 1.15 bits per heavy atom. The molecule has 0 saturated heterocycles. The standard InChI is InChI=1S/C15H20O4S/c1-14(2,3)19-12(16)10-15(20,13(17)18-4)11-8-6-5-7-9-11/h5-9,20H,10H2,1-4H3. The Morgan fingerprint density at radius 3 is 2.15 bits per heavy atom. The molecule has 0 aliphatic rings. The van der Waals surface area contributed by atoms with Crippen molar-refractivity contribution in [2.75, 3.05) is 7.11 Å². The second-order valence-electron chi connectivity index (χ2n) is 5.48. The summed E-state index contributed by atoms with van der Waals surface area (Å²) >= 11 is 4.40. The molecule has 110 valence electrons. The van der Waals surface area contributed by atoms with E-state index in [1.54, 1.807) is 45.0 Å². The number of ether oxygens (including phenoxy) is 2. The van der Waals surface area contributed by atoms with Gasteiger partial charge < -0.3 is 9.47 Å². The molecule has 5 heteroatoms. The first-order valence-corrected chi connectivity index (χ1v) is 6.72. The third-order valence-electron chi connectivity index (χ3n) is 2.59. The minimum Gasteiger partial charge on any atom is -0.468 e. The smallest absolute Gasteiger partial charge is 0.326 e. The molecule has 0 heterocycles. The third kappa shape index (κ3) is 4.27. The Balaban J connectivity index is 3.02. The molecule has 4 nitrogen and oxygen atoms in total. The van der Waals surface area contributed by atoms with E-state index in [2.05, 4.69) is 12.6 Å². The number of hydrogen-bond acceptors (Lipinski definition) is 5. The van der Waals surface area contributed by atoms with Crippen molar-refractivity contribution in [2.24, 2.45) is 0 Å². The van der Waals surface area contributed by atoms with Crippen molar-refractivity contribution in [3.8, 4) is 0 Å². The minimum atomic E-state index is -1.35. The van der Waals surface area contributed by atoms with E-state index in [4.69, 9.17) is 9.47 Å². The fraction of sp³-hybridized carbons (Fsp3) is 0.467. The van der Waals surface area contributed by atoms with Crippen molar-refractivity contribution < 1.29 is 19.1 Å². The van der Waals surface area contributed by atoms with E-state index in [1.807, 2.05) is 6.07 Å². The van der Waals surface area contributed by atoms with Gasteiger partial charge in [-0.1, -0.05) is 30.3 Å². The lowest BCUT2D eigenvalue weighted by Crippen LogP contribution is -2.36. The number of methoxy groups -OCH3 is 1. The average Bonchev–Trinajstić information content (AvgIpc) is 2.36. The van der Waals surface area contributed by atoms with E-state index in [-0.39, 0.29) is 6.42 Å². The van der Waals surface area contributed by atoms with Crippen LogP contribution in [-0.4, -0.2) is 24.6 Å². The highest BCUT2D eigenvalue weighted by atomic mass is 32.1. The molecule has 0 bridgehead atoms. The topological polar surface area (TPSA) is 52.6 Å². The molecule has 0 N–H and O–H groups in total. The maximum Gasteiger partial charge on any atom is 0.326 e. The van der Waals surface area contributed by atoms with Crippen molar-refractivity contribution in [1.82, 2.24) is 0 Å². The molecular weight excluding hydrogens is 276 g/mol. The summed E-state index contributed by atoms with van der Waals surface area (Å²) in [6.45, 7) is 5.31. The van der Waals surface area contributed by atoms with Crippen LogP contribution >= 0.6 is 12.6 Å². The van der Waals surface area contributed by atoms with Gasteiger partial charge in [0.1, 0.15) is 10.3 Å². The first-order valence-electron chi connectivity index (χ1n) is 6.27. The number of rotatable bonds is 4. The Labute approximate surface area is 124 Å². The molecular formula is C15H20O4S. The fourth-order valence-electron chi connectivity index (χ4n) is 1.76. The zero-order valence-electron chi connectivity index (χ0n) is 12.2. The normalized spacial score (nSPS) is 14.2. The number of carbonyl (C=O) groups is 2. The van der Waals surface area contributed by atoms with Crippen LogP contribution in [0.5, 0.6) is 0 Å². The van der Waals surface area contributed by atoms with E-state index in [0.717, 1.165) is 0 Å². The highest BCUT2D eigenvalue weighted by Gasteiger charge is 2.41. The second-order valence-corrected chi connectivity index (χ2v) is 6.24. The van der Waals surface area contributed by atoms with Crippen LogP contribution in [0, 0.1) is 0 Å². The molecule has 0 fully saturated rings. The van der Waals surface area contributed by atoms with Crippen LogP contribution in [0.25, 0.3) is 0 Å². The van der Waals surface area contributed by atoms with Gasteiger partial charge in [-0.15, -0.1) is 0 Å². The second kappa shape index (κ2) is 6.31. The predicted octanol–water partition coefficient (Wildman–Crippen LogP) is 2.72. The maximum atomic E-state index is 12.0. The lowest BCUT2D eigenvalue weighted by Gasteiger charge is -2.27. The Bertz CT molecular complexity index is 478. The van der Waals surface area contributed by atoms with Gasteiger partial charge in [-0.25, -0.2) is 0 Å². The summed E-state index contributed by atoms with van der Waals surface area (Å²) < 4.78 is 8.68. The zero-order valence-corrected chi connectivity index (χ0v) is 13.1. The zero-order chi connectivity index (χ0) is 15.4. The summed E-state index contributed by atoms with van der Waals surface area (Å²) in [5.74, 6) is -1.08. The first kappa shape index (κ1) is 16.6. The number of esters is 2. The van der Waals surface area contributed by atoms with Gasteiger partial charge in [-0.2, -0.15) is 12.6 Å². The fourth-order valence-corrected chi connectivity index (χ4v) is 2.13. The number of carbonyl (C=O) groups excluding carboxylic acids is 2. The largest absolute Gasteiger partial charge is 0.468 e. The Morgan fingerprint density at radius 2 is 1.70 bits per heavy atom. The molecule has 1 unspecified atom stereocenters. The summed E-state index contributed by atoms with van der Waals surface area (Å²) in [6, 6.07) is 8.84. The first-order chi connectivity index (χ1) is 9.19. The van der Waals surface area contributed by atoms with Crippen LogP contribution < -0.4 is 0 Å². The molecule has 0 aromatic heterocycles. The minimum absolute atomic E-state index is 0.190. The van der Waals surface area contributed by atoms with E-state index < -0.39 is 22.3 Å². The molecule has 20 heavy (non-hydrogen) atoms. The molecule has 1 rings (SSSR count). The van der Waals surface area contributed by atoms with E-state index in [1.165, 1.54) is 7.11 Å². The van der Waals surface area contributed by atoms with Gasteiger partial charge >= 0.3 is 11.9 Å². The van der Waals surface area contributed by atoms with Gasteiger partial charge in [-0.3, -0.25) is 9.59 Å². The molecule has 0 amide bonds. The van der Waals surface area contributed by atoms with Gasteiger partial charge in [0.25, 0.3) is 0 Å². The Kier molecular flexibility index (Phi) is 5.22. The van der Waals surface area contributed by atoms with Crippen LogP contribution in [0.2, 0.25) is 0 Å². The van der Waals surface area contributed by atoms with Crippen molar-refractivity contribution in [3.63, 3.8) is 0 Å².